The van der Waals surface area contributed by atoms with Crippen LogP contribution in [-0.2, 0) is 19.4 Å². The van der Waals surface area contributed by atoms with Crippen molar-refractivity contribution < 1.29 is 4.74 Å². The van der Waals surface area contributed by atoms with E-state index in [0.29, 0.717) is 6.42 Å². The number of aryl methyl sites for hydroxylation is 1. The summed E-state index contributed by atoms with van der Waals surface area (Å²) in [7, 11) is 4.13. The van der Waals surface area contributed by atoms with E-state index in [9.17, 15) is 0 Å². The summed E-state index contributed by atoms with van der Waals surface area (Å²) in [4.78, 5) is 11.6. The van der Waals surface area contributed by atoms with Crippen LogP contribution in [0.3, 0.4) is 0 Å². The van der Waals surface area contributed by atoms with Crippen molar-refractivity contribution in [2.45, 2.75) is 46.3 Å². The molecular formula is C23H31N5O. The lowest BCUT2D eigenvalue weighted by molar-refractivity contribution is 0.242. The Kier molecular flexibility index (Phi) is 6.99. The minimum atomic E-state index is 0.155. The molecule has 0 saturated heterocycles. The van der Waals surface area contributed by atoms with Crippen LogP contribution in [0.1, 0.15) is 37.9 Å². The highest BCUT2D eigenvalue weighted by molar-refractivity contribution is 5.56. The van der Waals surface area contributed by atoms with Crippen LogP contribution in [0.15, 0.2) is 42.6 Å². The van der Waals surface area contributed by atoms with Crippen LogP contribution in [0.5, 0.6) is 5.75 Å². The average molecular weight is 394 g/mol. The number of hydrogen-bond acceptors (Lipinski definition) is 5. The van der Waals surface area contributed by atoms with E-state index in [1.54, 1.807) is 0 Å². The van der Waals surface area contributed by atoms with Gasteiger partial charge in [0.05, 0.1) is 12.6 Å². The number of likely N-dealkylation sites (N-methyl/N-ethyl adjacent to an activating group) is 1. The second-order valence-electron chi connectivity index (χ2n) is 7.76. The predicted octanol–water partition coefficient (Wildman–Crippen LogP) is 3.84. The summed E-state index contributed by atoms with van der Waals surface area (Å²) in [6.45, 7) is 7.87. The molecule has 0 aliphatic rings. The maximum Gasteiger partial charge on any atom is 0.181 e. The second-order valence-corrected chi connectivity index (χ2v) is 7.76. The predicted molar refractivity (Wildman–Crippen MR) is 116 cm³/mol. The van der Waals surface area contributed by atoms with E-state index in [2.05, 4.69) is 43.0 Å². The fraction of sp³-hybridized carbons (Fsp3) is 0.435. The van der Waals surface area contributed by atoms with Crippen LogP contribution in [0, 0.1) is 0 Å². The second kappa shape index (κ2) is 9.65. The van der Waals surface area contributed by atoms with Crippen molar-refractivity contribution >= 4 is 0 Å². The van der Waals surface area contributed by atoms with E-state index < -0.39 is 0 Å². The first kappa shape index (κ1) is 21.0. The first-order chi connectivity index (χ1) is 13.9. The number of ether oxygens (including phenoxy) is 1. The quantitative estimate of drug-likeness (QED) is 0.553. The van der Waals surface area contributed by atoms with Gasteiger partial charge in [0, 0.05) is 30.4 Å². The third-order valence-corrected chi connectivity index (χ3v) is 4.63. The summed E-state index contributed by atoms with van der Waals surface area (Å²) in [5.74, 6) is 2.53. The van der Waals surface area contributed by atoms with Gasteiger partial charge in [0.1, 0.15) is 11.6 Å². The Hall–Kier alpha value is -2.73. The molecule has 0 radical (unpaired) electrons. The zero-order valence-corrected chi connectivity index (χ0v) is 18.1. The Morgan fingerprint density at radius 1 is 1.07 bits per heavy atom. The molecule has 0 aliphatic heterocycles. The monoisotopic (exact) mass is 393 g/mol. The first-order valence-electron chi connectivity index (χ1n) is 10.2. The molecule has 0 aliphatic carbocycles. The minimum Gasteiger partial charge on any atom is -0.491 e. The van der Waals surface area contributed by atoms with E-state index in [1.807, 2.05) is 49.0 Å². The summed E-state index contributed by atoms with van der Waals surface area (Å²) < 4.78 is 7.74. The van der Waals surface area contributed by atoms with Gasteiger partial charge in [-0.1, -0.05) is 13.0 Å². The highest BCUT2D eigenvalue weighted by Gasteiger charge is 2.13. The van der Waals surface area contributed by atoms with Crippen molar-refractivity contribution in [1.29, 1.82) is 0 Å². The van der Waals surface area contributed by atoms with Crippen molar-refractivity contribution in [3.63, 3.8) is 0 Å². The minimum absolute atomic E-state index is 0.155. The number of hydrogen-bond donors (Lipinski definition) is 0. The van der Waals surface area contributed by atoms with E-state index in [0.717, 1.165) is 48.2 Å². The zero-order chi connectivity index (χ0) is 20.8. The molecule has 3 rings (SSSR count). The summed E-state index contributed by atoms with van der Waals surface area (Å²) in [5.41, 5.74) is 3.24. The Balaban J connectivity index is 1.85. The van der Waals surface area contributed by atoms with Crippen LogP contribution in [0.2, 0.25) is 0 Å². The molecule has 154 valence electrons. The largest absolute Gasteiger partial charge is 0.491 e. The molecule has 0 unspecified atom stereocenters. The third-order valence-electron chi connectivity index (χ3n) is 4.63. The summed E-state index contributed by atoms with van der Waals surface area (Å²) in [5, 5.41) is 4.78. The Morgan fingerprint density at radius 2 is 1.83 bits per heavy atom. The van der Waals surface area contributed by atoms with Gasteiger partial charge in [-0.3, -0.25) is 4.98 Å². The summed E-state index contributed by atoms with van der Waals surface area (Å²) >= 11 is 0. The fourth-order valence-electron chi connectivity index (χ4n) is 2.99. The van der Waals surface area contributed by atoms with Crippen molar-refractivity contribution in [3.05, 3.63) is 59.7 Å². The van der Waals surface area contributed by atoms with Crippen LogP contribution >= 0.6 is 0 Å². The van der Waals surface area contributed by atoms with Crippen molar-refractivity contribution in [3.8, 4) is 17.1 Å². The highest BCUT2D eigenvalue weighted by Crippen LogP contribution is 2.21. The normalized spacial score (nSPS) is 11.4. The third kappa shape index (κ3) is 5.87. The van der Waals surface area contributed by atoms with Gasteiger partial charge >= 0.3 is 0 Å². The molecule has 0 bridgehead atoms. The van der Waals surface area contributed by atoms with E-state index in [1.165, 1.54) is 5.56 Å². The number of pyridine rings is 1. The lowest BCUT2D eigenvalue weighted by Crippen LogP contribution is -2.20. The average Bonchev–Trinajstić information content (AvgIpc) is 3.10. The molecule has 0 amide bonds. The molecule has 0 spiro atoms. The van der Waals surface area contributed by atoms with Crippen LogP contribution < -0.4 is 4.74 Å². The van der Waals surface area contributed by atoms with Crippen LogP contribution in [0.4, 0.5) is 0 Å². The lowest BCUT2D eigenvalue weighted by Gasteiger charge is -2.11. The lowest BCUT2D eigenvalue weighted by atomic mass is 10.2. The van der Waals surface area contributed by atoms with E-state index in [4.69, 9.17) is 14.8 Å². The molecule has 2 heterocycles. The zero-order valence-electron chi connectivity index (χ0n) is 18.1. The SMILES string of the molecule is CCc1ccc(Cc2nc(-c3ccc(OC(C)C)cc3)nn2CCN(C)C)nc1. The Labute approximate surface area is 173 Å². The molecule has 0 N–H and O–H groups in total. The number of benzene rings is 1. The van der Waals surface area contributed by atoms with Gasteiger partial charge < -0.3 is 9.64 Å². The molecule has 1 aromatic carbocycles. The molecule has 0 fully saturated rings. The van der Waals surface area contributed by atoms with E-state index in [-0.39, 0.29) is 6.10 Å². The van der Waals surface area contributed by atoms with Crippen LogP contribution in [0.25, 0.3) is 11.4 Å². The number of aromatic nitrogens is 4. The van der Waals surface area contributed by atoms with Crippen LogP contribution in [-0.4, -0.2) is 51.4 Å². The van der Waals surface area contributed by atoms with Gasteiger partial charge in [0.25, 0.3) is 0 Å². The fourth-order valence-corrected chi connectivity index (χ4v) is 2.99. The molecule has 0 saturated carbocycles. The van der Waals surface area contributed by atoms with Crippen molar-refractivity contribution in [1.82, 2.24) is 24.6 Å². The summed E-state index contributed by atoms with van der Waals surface area (Å²) in [6, 6.07) is 12.2. The van der Waals surface area contributed by atoms with Gasteiger partial charge in [-0.2, -0.15) is 5.10 Å². The molecule has 2 aromatic heterocycles. The van der Waals surface area contributed by atoms with Gasteiger partial charge in [-0.05, 0) is 70.3 Å². The molecule has 6 nitrogen and oxygen atoms in total. The first-order valence-corrected chi connectivity index (χ1v) is 10.2. The highest BCUT2D eigenvalue weighted by atomic mass is 16.5. The van der Waals surface area contributed by atoms with Gasteiger partial charge in [-0.15, -0.1) is 0 Å². The van der Waals surface area contributed by atoms with Crippen molar-refractivity contribution in [2.24, 2.45) is 0 Å². The Morgan fingerprint density at radius 3 is 2.41 bits per heavy atom. The number of rotatable bonds is 9. The molecule has 6 heteroatoms. The maximum atomic E-state index is 5.74. The van der Waals surface area contributed by atoms with Gasteiger partial charge in [-0.25, -0.2) is 9.67 Å². The van der Waals surface area contributed by atoms with Crippen molar-refractivity contribution in [2.75, 3.05) is 20.6 Å². The molecule has 29 heavy (non-hydrogen) atoms. The maximum absolute atomic E-state index is 5.74. The molecule has 3 aromatic rings. The Bertz CT molecular complexity index is 898. The smallest absolute Gasteiger partial charge is 0.181 e. The molecular weight excluding hydrogens is 362 g/mol. The summed E-state index contributed by atoms with van der Waals surface area (Å²) in [6.07, 6.45) is 3.76. The van der Waals surface area contributed by atoms with E-state index >= 15 is 0 Å². The van der Waals surface area contributed by atoms with Gasteiger partial charge in [0.2, 0.25) is 0 Å². The van der Waals surface area contributed by atoms with Gasteiger partial charge in [0.15, 0.2) is 5.82 Å². The number of nitrogens with zero attached hydrogens (tertiary/aromatic N) is 5. The topological polar surface area (TPSA) is 56.1 Å². The standard InChI is InChI=1S/C23H31N5O/c1-6-18-7-10-20(24-16-18)15-22-25-23(26-28(22)14-13-27(4)5)19-8-11-21(12-9-19)29-17(2)3/h7-12,16-17H,6,13-15H2,1-5H3. The molecule has 0 atom stereocenters.